The molecule has 0 aliphatic rings. The lowest BCUT2D eigenvalue weighted by Gasteiger charge is -2.17. The normalized spacial score (nSPS) is 9.76. The largest absolute Gasteiger partial charge is 0.300 e. The highest BCUT2D eigenvalue weighted by Gasteiger charge is 2.42. The molecule has 0 bridgehead atoms. The van der Waals surface area contributed by atoms with Crippen molar-refractivity contribution in [3.63, 3.8) is 0 Å². The van der Waals surface area contributed by atoms with Gasteiger partial charge in [0.1, 0.15) is 5.78 Å². The number of hydrogen-bond acceptors (Lipinski definition) is 5. The minimum atomic E-state index is -1.84. The molecule has 0 amide bonds. The van der Waals surface area contributed by atoms with E-state index in [0.29, 0.717) is 6.42 Å². The van der Waals surface area contributed by atoms with E-state index in [1.807, 2.05) is 6.92 Å². The summed E-state index contributed by atoms with van der Waals surface area (Å²) in [6, 6.07) is 6.49. The number of Topliss-reactive ketones (excluding diaryl/α,β-unsaturated/α-hetero) is 1. The molecule has 0 saturated heterocycles. The number of carbonyl (C=O) groups is 1. The minimum absolute atomic E-state index is 0.259. The number of nitrogens with zero attached hydrogens (tertiary/aromatic N) is 4. The third-order valence-electron chi connectivity index (χ3n) is 2.44. The predicted octanol–water partition coefficient (Wildman–Crippen LogP) is 1.83. The van der Waals surface area contributed by atoms with Gasteiger partial charge in [0, 0.05) is 12.8 Å². The quantitative estimate of drug-likeness (QED) is 0.688. The Morgan fingerprint density at radius 3 is 2.06 bits per heavy atom. The molecule has 0 aliphatic carbocycles. The van der Waals surface area contributed by atoms with Crippen LogP contribution in [0.15, 0.2) is 0 Å². The fraction of sp³-hybridized carbons (Fsp3) is 0.583. The number of unbranched alkanes of at least 4 members (excludes halogenated alkanes) is 1. The van der Waals surface area contributed by atoms with Crippen molar-refractivity contribution in [3.8, 4) is 24.3 Å². The molecule has 0 radical (unpaired) electrons. The Morgan fingerprint density at radius 2 is 1.71 bits per heavy atom. The van der Waals surface area contributed by atoms with Gasteiger partial charge >= 0.3 is 0 Å². The zero-order valence-electron chi connectivity index (χ0n) is 9.60. The lowest BCUT2D eigenvalue weighted by Crippen LogP contribution is -2.28. The van der Waals surface area contributed by atoms with Crippen molar-refractivity contribution in [3.05, 3.63) is 0 Å². The number of rotatable bonds is 6. The topological polar surface area (TPSA) is 112 Å². The van der Waals surface area contributed by atoms with Crippen LogP contribution in [0.3, 0.4) is 0 Å². The Labute approximate surface area is 100 Å². The summed E-state index contributed by atoms with van der Waals surface area (Å²) in [5.41, 5.74) is -1.84. The van der Waals surface area contributed by atoms with Crippen LogP contribution in [-0.2, 0) is 4.79 Å². The molecule has 0 unspecified atom stereocenters. The van der Waals surface area contributed by atoms with Crippen LogP contribution >= 0.6 is 0 Å². The predicted molar refractivity (Wildman–Crippen MR) is 57.5 cm³/mol. The summed E-state index contributed by atoms with van der Waals surface area (Å²) in [7, 11) is 0. The first-order valence-corrected chi connectivity index (χ1v) is 5.23. The molecule has 0 saturated carbocycles. The van der Waals surface area contributed by atoms with Crippen LogP contribution in [0.5, 0.6) is 0 Å². The summed E-state index contributed by atoms with van der Waals surface area (Å²) in [5, 5.41) is 35.4. The summed E-state index contributed by atoms with van der Waals surface area (Å²) < 4.78 is 0. The first-order chi connectivity index (χ1) is 8.10. The van der Waals surface area contributed by atoms with Gasteiger partial charge in [-0.15, -0.1) is 0 Å². The van der Waals surface area contributed by atoms with E-state index in [0.717, 1.165) is 6.42 Å². The average Bonchev–Trinajstić information content (AvgIpc) is 2.36. The second kappa shape index (κ2) is 7.00. The fourth-order valence-corrected chi connectivity index (χ4v) is 1.36. The third kappa shape index (κ3) is 3.60. The third-order valence-corrected chi connectivity index (χ3v) is 2.44. The molecular formula is C12H12N4O. The van der Waals surface area contributed by atoms with Gasteiger partial charge in [0.25, 0.3) is 0 Å². The molecule has 0 atom stereocenters. The van der Waals surface area contributed by atoms with Crippen molar-refractivity contribution < 1.29 is 4.79 Å². The smallest absolute Gasteiger partial charge is 0.179 e. The van der Waals surface area contributed by atoms with E-state index in [9.17, 15) is 4.79 Å². The summed E-state index contributed by atoms with van der Waals surface area (Å²) in [6.07, 6.45) is 1.42. The van der Waals surface area contributed by atoms with Crippen molar-refractivity contribution >= 4 is 5.78 Å². The number of hydrogen-bond donors (Lipinski definition) is 0. The van der Waals surface area contributed by atoms with E-state index in [1.165, 1.54) is 0 Å². The minimum Gasteiger partial charge on any atom is -0.300 e. The summed E-state index contributed by atoms with van der Waals surface area (Å²) in [5.74, 6) is -1.66. The first kappa shape index (κ1) is 14.6. The SMILES string of the molecule is CCCCC(=O)CC(C#N)(C#N)C(C#N)C#N. The Morgan fingerprint density at radius 1 is 1.18 bits per heavy atom. The highest BCUT2D eigenvalue weighted by Crippen LogP contribution is 2.30. The van der Waals surface area contributed by atoms with E-state index in [4.69, 9.17) is 21.0 Å². The van der Waals surface area contributed by atoms with E-state index < -0.39 is 11.3 Å². The molecule has 0 rings (SSSR count). The van der Waals surface area contributed by atoms with Gasteiger partial charge in [0.05, 0.1) is 24.3 Å². The molecule has 0 fully saturated rings. The number of carbonyl (C=O) groups excluding carboxylic acids is 1. The van der Waals surface area contributed by atoms with Crippen LogP contribution in [0.2, 0.25) is 0 Å². The van der Waals surface area contributed by atoms with Gasteiger partial charge in [-0.25, -0.2) is 0 Å². The molecule has 0 aromatic rings. The Balaban J connectivity index is 4.97. The molecule has 0 aliphatic heterocycles. The molecule has 0 N–H and O–H groups in total. The van der Waals surface area contributed by atoms with Crippen molar-refractivity contribution in [2.24, 2.45) is 11.3 Å². The van der Waals surface area contributed by atoms with Gasteiger partial charge in [0.15, 0.2) is 11.3 Å². The standard InChI is InChI=1S/C12H12N4O/c1-2-3-4-11(17)5-12(8-15,9-16)10(6-13)7-14/h10H,2-5H2,1H3. The van der Waals surface area contributed by atoms with Crippen LogP contribution in [0.25, 0.3) is 0 Å². The second-order valence-corrected chi connectivity index (χ2v) is 3.71. The summed E-state index contributed by atoms with van der Waals surface area (Å²) in [4.78, 5) is 11.6. The summed E-state index contributed by atoms with van der Waals surface area (Å²) >= 11 is 0. The van der Waals surface area contributed by atoms with Crippen molar-refractivity contribution in [1.29, 1.82) is 21.0 Å². The Bertz CT molecular complexity index is 413. The lowest BCUT2D eigenvalue weighted by molar-refractivity contribution is -0.120. The van der Waals surface area contributed by atoms with E-state index in [2.05, 4.69) is 0 Å². The number of ketones is 1. The molecule has 86 valence electrons. The van der Waals surface area contributed by atoms with Crippen molar-refractivity contribution in [2.75, 3.05) is 0 Å². The van der Waals surface area contributed by atoms with E-state index in [1.54, 1.807) is 24.3 Å². The molecule has 0 aromatic carbocycles. The molecular weight excluding hydrogens is 216 g/mol. The maximum Gasteiger partial charge on any atom is 0.179 e. The van der Waals surface area contributed by atoms with Gasteiger partial charge in [-0.05, 0) is 6.42 Å². The maximum atomic E-state index is 11.6. The van der Waals surface area contributed by atoms with Crippen molar-refractivity contribution in [2.45, 2.75) is 32.6 Å². The Kier molecular flexibility index (Phi) is 6.02. The summed E-state index contributed by atoms with van der Waals surface area (Å²) in [6.45, 7) is 1.92. The van der Waals surface area contributed by atoms with E-state index >= 15 is 0 Å². The van der Waals surface area contributed by atoms with Gasteiger partial charge in [0.2, 0.25) is 0 Å². The molecule has 0 aromatic heterocycles. The maximum absolute atomic E-state index is 11.6. The zero-order chi connectivity index (χ0) is 13.3. The zero-order valence-corrected chi connectivity index (χ0v) is 9.60. The van der Waals surface area contributed by atoms with Crippen LogP contribution in [0.4, 0.5) is 0 Å². The van der Waals surface area contributed by atoms with E-state index in [-0.39, 0.29) is 18.6 Å². The van der Waals surface area contributed by atoms with Crippen LogP contribution < -0.4 is 0 Å². The van der Waals surface area contributed by atoms with Crippen molar-refractivity contribution in [1.82, 2.24) is 0 Å². The molecule has 5 nitrogen and oxygen atoms in total. The van der Waals surface area contributed by atoms with Crippen LogP contribution in [0, 0.1) is 56.7 Å². The van der Waals surface area contributed by atoms with Gasteiger partial charge in [-0.1, -0.05) is 13.3 Å². The molecule has 17 heavy (non-hydrogen) atoms. The fourth-order valence-electron chi connectivity index (χ4n) is 1.36. The molecule has 0 spiro atoms. The average molecular weight is 228 g/mol. The van der Waals surface area contributed by atoms with Crippen LogP contribution in [-0.4, -0.2) is 5.78 Å². The van der Waals surface area contributed by atoms with Crippen LogP contribution in [0.1, 0.15) is 32.6 Å². The second-order valence-electron chi connectivity index (χ2n) is 3.71. The van der Waals surface area contributed by atoms with Gasteiger partial charge < -0.3 is 0 Å². The molecule has 0 heterocycles. The van der Waals surface area contributed by atoms with Gasteiger partial charge in [-0.2, -0.15) is 21.0 Å². The number of nitriles is 4. The molecule has 5 heteroatoms. The monoisotopic (exact) mass is 228 g/mol. The highest BCUT2D eigenvalue weighted by atomic mass is 16.1. The van der Waals surface area contributed by atoms with Gasteiger partial charge in [-0.3, -0.25) is 4.79 Å². The highest BCUT2D eigenvalue weighted by molar-refractivity contribution is 5.80. The lowest BCUT2D eigenvalue weighted by atomic mass is 9.75. The first-order valence-electron chi connectivity index (χ1n) is 5.23. The Hall–Kier alpha value is -2.37.